The first-order chi connectivity index (χ1) is 14.4. The van der Waals surface area contributed by atoms with Crippen LogP contribution in [0.15, 0.2) is 51.7 Å². The molecule has 0 spiro atoms. The van der Waals surface area contributed by atoms with E-state index in [1.54, 1.807) is 23.1 Å². The molecule has 1 aromatic heterocycles. The Morgan fingerprint density at radius 2 is 1.87 bits per heavy atom. The molecule has 1 aliphatic rings. The molecule has 5 nitrogen and oxygen atoms in total. The highest BCUT2D eigenvalue weighted by molar-refractivity contribution is 6.30. The second-order valence-corrected chi connectivity index (χ2v) is 8.34. The number of rotatable bonds is 6. The molecule has 3 aromatic rings. The van der Waals surface area contributed by atoms with Gasteiger partial charge < -0.3 is 14.1 Å². The fourth-order valence-corrected chi connectivity index (χ4v) is 4.04. The van der Waals surface area contributed by atoms with Crippen molar-refractivity contribution in [3.05, 3.63) is 80.2 Å². The molecule has 0 saturated carbocycles. The fourth-order valence-electron chi connectivity index (χ4n) is 3.91. The van der Waals surface area contributed by atoms with Crippen molar-refractivity contribution in [3.8, 4) is 0 Å². The first kappa shape index (κ1) is 20.6. The summed E-state index contributed by atoms with van der Waals surface area (Å²) in [4.78, 5) is 28.4. The summed E-state index contributed by atoms with van der Waals surface area (Å²) in [5, 5.41) is 1.09. The minimum absolute atomic E-state index is 0.125. The van der Waals surface area contributed by atoms with E-state index in [-0.39, 0.29) is 23.2 Å². The van der Waals surface area contributed by atoms with Crippen molar-refractivity contribution in [2.45, 2.75) is 39.3 Å². The molecule has 2 heterocycles. The van der Waals surface area contributed by atoms with Crippen molar-refractivity contribution in [1.29, 1.82) is 0 Å². The zero-order valence-electron chi connectivity index (χ0n) is 17.3. The minimum Gasteiger partial charge on any atom is -0.450 e. The highest BCUT2D eigenvalue weighted by Gasteiger charge is 2.42. The average molecular weight is 426 g/mol. The molecule has 0 aliphatic carbocycles. The largest absolute Gasteiger partial charge is 0.450 e. The van der Waals surface area contributed by atoms with Gasteiger partial charge in [0.15, 0.2) is 5.43 Å². The zero-order valence-corrected chi connectivity index (χ0v) is 18.0. The number of hydrogen-bond acceptors (Lipinski definition) is 4. The summed E-state index contributed by atoms with van der Waals surface area (Å²) < 4.78 is 11.6. The van der Waals surface area contributed by atoms with Crippen LogP contribution in [0.1, 0.15) is 53.6 Å². The van der Waals surface area contributed by atoms with Gasteiger partial charge >= 0.3 is 0 Å². The molecule has 0 N–H and O–H groups in total. The summed E-state index contributed by atoms with van der Waals surface area (Å²) in [5.74, 6) is -0.143. The molecule has 156 valence electrons. The van der Waals surface area contributed by atoms with E-state index in [1.807, 2.05) is 45.0 Å². The second-order valence-electron chi connectivity index (χ2n) is 7.90. The summed E-state index contributed by atoms with van der Waals surface area (Å²) in [5.41, 5.74) is 2.45. The molecule has 30 heavy (non-hydrogen) atoms. The van der Waals surface area contributed by atoms with Crippen LogP contribution in [-0.2, 0) is 4.74 Å². The van der Waals surface area contributed by atoms with Gasteiger partial charge in [-0.3, -0.25) is 9.59 Å². The highest BCUT2D eigenvalue weighted by Crippen LogP contribution is 2.38. The van der Waals surface area contributed by atoms with Crippen LogP contribution in [0, 0.1) is 6.92 Å². The second kappa shape index (κ2) is 8.25. The van der Waals surface area contributed by atoms with Crippen LogP contribution >= 0.6 is 11.6 Å². The molecule has 1 aliphatic heterocycles. The number of ether oxygens (including phenoxy) is 1. The number of halogens is 1. The van der Waals surface area contributed by atoms with E-state index in [0.717, 1.165) is 11.1 Å². The first-order valence-corrected chi connectivity index (χ1v) is 10.5. The minimum atomic E-state index is -0.509. The van der Waals surface area contributed by atoms with Crippen molar-refractivity contribution in [1.82, 2.24) is 4.90 Å². The smallest absolute Gasteiger partial charge is 0.290 e. The van der Waals surface area contributed by atoms with Crippen LogP contribution < -0.4 is 5.43 Å². The van der Waals surface area contributed by atoms with Crippen LogP contribution in [0.2, 0.25) is 5.02 Å². The van der Waals surface area contributed by atoms with Gasteiger partial charge in [-0.2, -0.15) is 0 Å². The molecule has 2 aromatic carbocycles. The van der Waals surface area contributed by atoms with E-state index in [2.05, 4.69) is 0 Å². The van der Waals surface area contributed by atoms with Crippen LogP contribution in [0.5, 0.6) is 0 Å². The number of amides is 1. The van der Waals surface area contributed by atoms with Crippen molar-refractivity contribution < 1.29 is 13.9 Å². The number of nitrogens with zero attached hydrogens (tertiary/aromatic N) is 1. The lowest BCUT2D eigenvalue weighted by Gasteiger charge is -2.25. The Kier molecular flexibility index (Phi) is 5.67. The summed E-state index contributed by atoms with van der Waals surface area (Å²) in [6.07, 6.45) is 0.787. The molecule has 6 heteroatoms. The van der Waals surface area contributed by atoms with Gasteiger partial charge in [0.2, 0.25) is 5.76 Å². The topological polar surface area (TPSA) is 59.8 Å². The standard InChI is InChI=1S/C24H24ClNO4/c1-14(2)29-12-4-11-26-21(16-6-8-17(25)9-7-16)20-22(27)18-13-15(3)5-10-19(18)30-23(20)24(26)28/h5-10,13-14,21H,4,11-12H2,1-3H3/t21-/m0/s1. The average Bonchev–Trinajstić information content (AvgIpc) is 2.99. The number of carbonyl (C=O) groups is 1. The lowest BCUT2D eigenvalue weighted by atomic mass is 9.98. The maximum atomic E-state index is 13.4. The van der Waals surface area contributed by atoms with Crippen LogP contribution in [-0.4, -0.2) is 30.1 Å². The first-order valence-electron chi connectivity index (χ1n) is 10.1. The predicted octanol–water partition coefficient (Wildman–Crippen LogP) is 5.12. The fraction of sp³-hybridized carbons (Fsp3) is 0.333. The molecule has 0 bridgehead atoms. The van der Waals surface area contributed by atoms with Crippen LogP contribution in [0.4, 0.5) is 0 Å². The Hall–Kier alpha value is -2.63. The molecule has 0 fully saturated rings. The Labute approximate surface area is 180 Å². The quantitative estimate of drug-likeness (QED) is 0.514. The number of benzene rings is 2. The third-order valence-corrected chi connectivity index (χ3v) is 5.55. The van der Waals surface area contributed by atoms with Gasteiger partial charge in [0.25, 0.3) is 5.91 Å². The van der Waals surface area contributed by atoms with Crippen LogP contribution in [0.3, 0.4) is 0 Å². The third kappa shape index (κ3) is 3.75. The van der Waals surface area contributed by atoms with Crippen LogP contribution in [0.25, 0.3) is 11.0 Å². The maximum absolute atomic E-state index is 13.4. The maximum Gasteiger partial charge on any atom is 0.290 e. The normalized spacial score (nSPS) is 16.0. The zero-order chi connectivity index (χ0) is 21.4. The molecule has 4 rings (SSSR count). The predicted molar refractivity (Wildman–Crippen MR) is 117 cm³/mol. The molecule has 1 amide bonds. The van der Waals surface area contributed by atoms with Crippen molar-refractivity contribution in [2.24, 2.45) is 0 Å². The summed E-state index contributed by atoms with van der Waals surface area (Å²) in [6.45, 7) is 6.87. The Morgan fingerprint density at radius 3 is 2.57 bits per heavy atom. The van der Waals surface area contributed by atoms with E-state index in [1.165, 1.54) is 0 Å². The van der Waals surface area contributed by atoms with Crippen molar-refractivity contribution >= 4 is 28.5 Å². The van der Waals surface area contributed by atoms with Gasteiger partial charge in [-0.15, -0.1) is 0 Å². The highest BCUT2D eigenvalue weighted by atomic mass is 35.5. The number of aryl methyl sites for hydroxylation is 1. The summed E-state index contributed by atoms with van der Waals surface area (Å²) in [7, 11) is 0. The number of hydrogen-bond donors (Lipinski definition) is 0. The van der Waals surface area contributed by atoms with E-state index >= 15 is 0 Å². The number of carbonyl (C=O) groups excluding carboxylic acids is 1. The van der Waals surface area contributed by atoms with Gasteiger partial charge in [0.1, 0.15) is 5.58 Å². The molecule has 1 atom stereocenters. The summed E-state index contributed by atoms with van der Waals surface area (Å²) >= 11 is 6.07. The van der Waals surface area contributed by atoms with Crippen molar-refractivity contribution in [3.63, 3.8) is 0 Å². The lowest BCUT2D eigenvalue weighted by molar-refractivity contribution is 0.0593. The summed E-state index contributed by atoms with van der Waals surface area (Å²) in [6, 6.07) is 12.2. The molecule has 0 saturated heterocycles. The van der Waals surface area contributed by atoms with Gasteiger partial charge in [-0.25, -0.2) is 0 Å². The van der Waals surface area contributed by atoms with Gasteiger partial charge in [0.05, 0.1) is 23.1 Å². The monoisotopic (exact) mass is 425 g/mol. The van der Waals surface area contributed by atoms with E-state index in [0.29, 0.717) is 41.1 Å². The van der Waals surface area contributed by atoms with E-state index < -0.39 is 6.04 Å². The SMILES string of the molecule is Cc1ccc2oc3c(c(=O)c2c1)[C@H](c1ccc(Cl)cc1)N(CCCOC(C)C)C3=O. The molecular formula is C24H24ClNO4. The third-order valence-electron chi connectivity index (χ3n) is 5.30. The Balaban J connectivity index is 1.81. The molecular weight excluding hydrogens is 402 g/mol. The lowest BCUT2D eigenvalue weighted by Crippen LogP contribution is -2.31. The molecule has 0 radical (unpaired) electrons. The Bertz CT molecular complexity index is 1150. The van der Waals surface area contributed by atoms with E-state index in [9.17, 15) is 9.59 Å². The number of fused-ring (bicyclic) bond motifs is 2. The van der Waals surface area contributed by atoms with Crippen molar-refractivity contribution in [2.75, 3.05) is 13.2 Å². The van der Waals surface area contributed by atoms with Gasteiger partial charge in [0, 0.05) is 18.2 Å². The van der Waals surface area contributed by atoms with Gasteiger partial charge in [-0.05, 0) is 57.0 Å². The van der Waals surface area contributed by atoms with Gasteiger partial charge in [-0.1, -0.05) is 35.4 Å². The Morgan fingerprint density at radius 1 is 1.13 bits per heavy atom. The molecule has 0 unspecified atom stereocenters. The van der Waals surface area contributed by atoms with E-state index in [4.69, 9.17) is 20.8 Å².